The number of hydrogen-bond acceptors (Lipinski definition) is 7. The van der Waals surface area contributed by atoms with Crippen molar-refractivity contribution in [3.63, 3.8) is 0 Å². The van der Waals surface area contributed by atoms with Gasteiger partial charge in [-0.25, -0.2) is 4.98 Å². The molecular weight excluding hydrogens is 536 g/mol. The van der Waals surface area contributed by atoms with Gasteiger partial charge in [0.25, 0.3) is 5.91 Å². The summed E-state index contributed by atoms with van der Waals surface area (Å²) in [5, 5.41) is 14.5. The van der Waals surface area contributed by atoms with Crippen molar-refractivity contribution in [3.05, 3.63) is 96.0 Å². The molecule has 1 amide bonds. The number of ether oxygens (including phenoxy) is 2. The van der Waals surface area contributed by atoms with E-state index in [1.54, 1.807) is 17.6 Å². The van der Waals surface area contributed by atoms with Crippen molar-refractivity contribution >= 4 is 44.1 Å². The lowest BCUT2D eigenvalue weighted by Crippen LogP contribution is -2.37. The molecule has 6 rings (SSSR count). The van der Waals surface area contributed by atoms with Crippen LogP contribution in [-0.2, 0) is 14.3 Å². The van der Waals surface area contributed by atoms with Crippen molar-refractivity contribution < 1.29 is 23.8 Å². The maximum atomic E-state index is 13.5. The Labute approximate surface area is 242 Å². The zero-order valence-corrected chi connectivity index (χ0v) is 23.8. The fraction of sp³-hybridized carbons (Fsp3) is 0.273. The molecule has 5 aromatic rings. The van der Waals surface area contributed by atoms with Crippen LogP contribution in [0.25, 0.3) is 31.8 Å². The molecule has 41 heavy (non-hydrogen) atoms. The van der Waals surface area contributed by atoms with Crippen molar-refractivity contribution in [2.75, 3.05) is 18.5 Å². The molecule has 2 aromatic heterocycles. The number of carbonyl (C=O) groups is 1. The highest BCUT2D eigenvalue weighted by molar-refractivity contribution is 7.21. The van der Waals surface area contributed by atoms with Crippen molar-refractivity contribution in [1.29, 1.82) is 0 Å². The van der Waals surface area contributed by atoms with Crippen LogP contribution in [0.5, 0.6) is 0 Å². The number of nitrogens with one attached hydrogen (secondary N) is 1. The molecule has 0 radical (unpaired) electrons. The number of aliphatic hydroxyl groups excluding tert-OH is 1. The van der Waals surface area contributed by atoms with Gasteiger partial charge in [0, 0.05) is 47.3 Å². The fourth-order valence-electron chi connectivity index (χ4n) is 5.42. The smallest absolute Gasteiger partial charge is 0.290 e. The average molecular weight is 569 g/mol. The number of para-hydroxylation sites is 1. The zero-order valence-electron chi connectivity index (χ0n) is 23.0. The Morgan fingerprint density at radius 3 is 2.76 bits per heavy atom. The van der Waals surface area contributed by atoms with E-state index in [2.05, 4.69) is 24.4 Å². The van der Waals surface area contributed by atoms with E-state index in [-0.39, 0.29) is 30.1 Å². The van der Waals surface area contributed by atoms with E-state index in [1.165, 1.54) is 5.56 Å². The summed E-state index contributed by atoms with van der Waals surface area (Å²) in [6.07, 6.45) is 4.25. The number of carbonyl (C=O) groups excluding carboxylic acids is 1. The van der Waals surface area contributed by atoms with Gasteiger partial charge in [0.15, 0.2) is 5.76 Å². The minimum absolute atomic E-state index is 0.0674. The first-order valence-corrected chi connectivity index (χ1v) is 14.7. The van der Waals surface area contributed by atoms with E-state index in [0.717, 1.165) is 37.3 Å². The number of amides is 1. The van der Waals surface area contributed by atoms with E-state index in [0.29, 0.717) is 25.1 Å². The van der Waals surface area contributed by atoms with Crippen LogP contribution in [0.4, 0.5) is 5.69 Å². The number of anilines is 1. The molecule has 210 valence electrons. The average Bonchev–Trinajstić information content (AvgIpc) is 3.61. The number of allylic oxidation sites excluding steroid dienone is 1. The number of nitrogens with zero attached hydrogens (tertiary/aromatic N) is 1. The summed E-state index contributed by atoms with van der Waals surface area (Å²) in [5.41, 5.74) is 5.59. The molecule has 0 fully saturated rings. The van der Waals surface area contributed by atoms with Crippen molar-refractivity contribution in [3.8, 4) is 10.6 Å². The molecule has 3 atom stereocenters. The second kappa shape index (κ2) is 11.9. The summed E-state index contributed by atoms with van der Waals surface area (Å²) < 4.78 is 19.2. The lowest BCUT2D eigenvalue weighted by atomic mass is 9.80. The third-order valence-electron chi connectivity index (χ3n) is 7.44. The number of furan rings is 1. The number of hydrogen-bond donors (Lipinski definition) is 2. The molecule has 0 saturated heterocycles. The summed E-state index contributed by atoms with van der Waals surface area (Å²) in [6.45, 7) is 4.48. The molecule has 2 N–H and O–H groups in total. The Morgan fingerprint density at radius 2 is 1.95 bits per heavy atom. The molecule has 0 aliphatic carbocycles. The summed E-state index contributed by atoms with van der Waals surface area (Å²) in [7, 11) is 0. The van der Waals surface area contributed by atoms with Crippen LogP contribution < -0.4 is 5.32 Å². The molecule has 1 aliphatic heterocycles. The lowest BCUT2D eigenvalue weighted by Gasteiger charge is -2.36. The minimum Gasteiger partial charge on any atom is -0.464 e. The predicted molar refractivity (Wildman–Crippen MR) is 162 cm³/mol. The van der Waals surface area contributed by atoms with Gasteiger partial charge in [-0.15, -0.1) is 11.3 Å². The van der Waals surface area contributed by atoms with Crippen LogP contribution in [0.1, 0.15) is 36.8 Å². The van der Waals surface area contributed by atoms with E-state index >= 15 is 0 Å². The van der Waals surface area contributed by atoms with Crippen LogP contribution in [0.15, 0.2) is 89.2 Å². The van der Waals surface area contributed by atoms with Gasteiger partial charge in [0.05, 0.1) is 16.5 Å². The van der Waals surface area contributed by atoms with E-state index in [1.807, 2.05) is 67.6 Å². The van der Waals surface area contributed by atoms with E-state index in [4.69, 9.17) is 18.9 Å². The number of thiazole rings is 1. The van der Waals surface area contributed by atoms with Crippen LogP contribution in [-0.4, -0.2) is 35.5 Å². The van der Waals surface area contributed by atoms with Gasteiger partial charge in [0.2, 0.25) is 6.29 Å². The summed E-state index contributed by atoms with van der Waals surface area (Å²) in [4.78, 5) is 18.2. The zero-order chi connectivity index (χ0) is 28.3. The monoisotopic (exact) mass is 568 g/mol. The highest BCUT2D eigenvalue weighted by Gasteiger charge is 2.39. The first-order chi connectivity index (χ1) is 20.0. The number of aromatic nitrogens is 1. The Kier molecular flexibility index (Phi) is 7.87. The Morgan fingerprint density at radius 1 is 1.12 bits per heavy atom. The molecule has 3 heterocycles. The second-order valence-electron chi connectivity index (χ2n) is 10.2. The van der Waals surface area contributed by atoms with Crippen LogP contribution in [0, 0.1) is 12.8 Å². The van der Waals surface area contributed by atoms with Gasteiger partial charge in [-0.1, -0.05) is 24.3 Å². The molecule has 0 unspecified atom stereocenters. The lowest BCUT2D eigenvalue weighted by molar-refractivity contribution is -0.164. The Bertz CT molecular complexity index is 1700. The molecule has 3 aromatic carbocycles. The van der Waals surface area contributed by atoms with Crippen molar-refractivity contribution in [2.45, 2.75) is 38.9 Å². The molecule has 7 nitrogen and oxygen atoms in total. The summed E-state index contributed by atoms with van der Waals surface area (Å²) in [5.74, 6) is -0.446. The number of fused-ring (bicyclic) bond motifs is 2. The quantitative estimate of drug-likeness (QED) is 0.192. The van der Waals surface area contributed by atoms with Gasteiger partial charge in [-0.3, -0.25) is 4.79 Å². The molecule has 8 heteroatoms. The van der Waals surface area contributed by atoms with Gasteiger partial charge >= 0.3 is 0 Å². The maximum absolute atomic E-state index is 13.5. The van der Waals surface area contributed by atoms with E-state index < -0.39 is 6.29 Å². The number of rotatable bonds is 9. The highest BCUT2D eigenvalue weighted by Crippen LogP contribution is 2.42. The molecule has 0 saturated carbocycles. The van der Waals surface area contributed by atoms with Crippen LogP contribution in [0.3, 0.4) is 0 Å². The largest absolute Gasteiger partial charge is 0.464 e. The van der Waals surface area contributed by atoms with Gasteiger partial charge < -0.3 is 24.3 Å². The standard InChI is InChI=1S/C33H32N2O5S/c1-3-38-33-24(8-6-16-36)25(26-19-39-28-9-5-4-7-23(26)28)18-29(40-33)31(37)34-22-13-11-21(12-14-22)32-35-27-15-10-20(2)17-30(27)41-32/h4-5,7,9-15,17-19,24-25,33,36H,3,6,8,16H2,1-2H3,(H,34,37)/t24-,25+,33-/m0/s1. The first-order valence-electron chi connectivity index (χ1n) is 13.9. The number of aryl methyl sites for hydroxylation is 1. The fourth-order valence-corrected chi connectivity index (χ4v) is 6.49. The van der Waals surface area contributed by atoms with Crippen molar-refractivity contribution in [2.24, 2.45) is 5.92 Å². The first kappa shape index (κ1) is 27.2. The normalized spacial score (nSPS) is 18.8. The third kappa shape index (κ3) is 5.63. The SMILES string of the molecule is CCO[C@H]1OC(C(=O)Nc2ccc(-c3nc4ccc(C)cc4s3)cc2)=C[C@@H](c2coc3ccccc23)[C@@H]1CCCO. The Hall–Kier alpha value is -3.98. The highest BCUT2D eigenvalue weighted by atomic mass is 32.1. The molecule has 0 bridgehead atoms. The second-order valence-corrected chi connectivity index (χ2v) is 11.3. The van der Waals surface area contributed by atoms with Crippen molar-refractivity contribution in [1.82, 2.24) is 4.98 Å². The number of benzene rings is 3. The summed E-state index contributed by atoms with van der Waals surface area (Å²) in [6, 6.07) is 21.8. The van der Waals surface area contributed by atoms with Gasteiger partial charge in [0.1, 0.15) is 10.6 Å². The topological polar surface area (TPSA) is 93.8 Å². The van der Waals surface area contributed by atoms with E-state index in [9.17, 15) is 9.90 Å². The maximum Gasteiger partial charge on any atom is 0.290 e. The van der Waals surface area contributed by atoms with Crippen LogP contribution in [0.2, 0.25) is 0 Å². The minimum atomic E-state index is -0.638. The molecule has 0 spiro atoms. The summed E-state index contributed by atoms with van der Waals surface area (Å²) >= 11 is 1.65. The molecule has 1 aliphatic rings. The Balaban J connectivity index is 1.27. The number of aliphatic hydroxyl groups is 1. The third-order valence-corrected chi connectivity index (χ3v) is 8.51. The van der Waals surface area contributed by atoms with Gasteiger partial charge in [-0.2, -0.15) is 0 Å². The van der Waals surface area contributed by atoms with Crippen LogP contribution >= 0.6 is 11.3 Å². The van der Waals surface area contributed by atoms with Gasteiger partial charge in [-0.05, 0) is 80.8 Å². The predicted octanol–water partition coefficient (Wildman–Crippen LogP) is 7.41. The molecular formula is C33H32N2O5S.